The van der Waals surface area contributed by atoms with Gasteiger partial charge in [-0.15, -0.1) is 0 Å². The van der Waals surface area contributed by atoms with Crippen molar-refractivity contribution in [1.82, 2.24) is 0 Å². The van der Waals surface area contributed by atoms with Gasteiger partial charge in [-0.05, 0) is 76.1 Å². The van der Waals surface area contributed by atoms with Gasteiger partial charge in [0, 0.05) is 46.9 Å². The molecule has 2 saturated carbocycles. The highest BCUT2D eigenvalue weighted by molar-refractivity contribution is 6.87. The van der Waals surface area contributed by atoms with Crippen LogP contribution in [-0.2, 0) is 39.2 Å². The Morgan fingerprint density at radius 1 is 0.564 bits per heavy atom. The highest BCUT2D eigenvalue weighted by Crippen LogP contribution is 2.47. The largest absolute Gasteiger partial charge is 0.462 e. The van der Waals surface area contributed by atoms with Crippen molar-refractivity contribution >= 4 is 16.6 Å². The first-order chi connectivity index (χ1) is 25.2. The number of aliphatic hydroxyl groups is 2. The van der Waals surface area contributed by atoms with E-state index in [2.05, 4.69) is 53.9 Å². The fraction of sp³-hybridized carbons (Fsp3) is 0.700. The molecule has 2 aliphatic rings. The molecule has 2 aliphatic carbocycles. The molecule has 0 spiro atoms. The average molecular weight is 823 g/mol. The quantitative estimate of drug-likeness (QED) is 0.0990. The topological polar surface area (TPSA) is 86.6 Å². The molecule has 2 fully saturated rings. The van der Waals surface area contributed by atoms with E-state index in [-0.39, 0.29) is 37.9 Å². The van der Waals surface area contributed by atoms with E-state index in [0.717, 1.165) is 62.8 Å². The van der Waals surface area contributed by atoms with E-state index < -0.39 is 61.8 Å². The highest BCUT2D eigenvalue weighted by Gasteiger charge is 2.50. The Kier molecular flexibility index (Phi) is 14.1. The number of alkyl halides is 6. The molecule has 7 nitrogen and oxygen atoms in total. The zero-order chi connectivity index (χ0) is 41.1. The van der Waals surface area contributed by atoms with Crippen molar-refractivity contribution in [2.45, 2.75) is 165 Å². The molecule has 0 unspecified atom stereocenters. The minimum atomic E-state index is -4.57. The number of ether oxygens (including phenoxy) is 4. The van der Waals surface area contributed by atoms with Crippen LogP contribution in [0.2, 0.25) is 36.3 Å². The lowest BCUT2D eigenvalue weighted by Gasteiger charge is -2.49. The molecule has 0 saturated heterocycles. The van der Waals surface area contributed by atoms with Gasteiger partial charge in [-0.2, -0.15) is 26.3 Å². The Hall–Kier alpha value is -2.15. The molecule has 0 heterocycles. The van der Waals surface area contributed by atoms with Crippen molar-refractivity contribution < 1.29 is 59.6 Å². The summed E-state index contributed by atoms with van der Waals surface area (Å²) in [6.45, 7) is 17.1. The van der Waals surface area contributed by atoms with Crippen molar-refractivity contribution in [2.24, 2.45) is 0 Å². The first kappa shape index (κ1) is 45.6. The van der Waals surface area contributed by atoms with Crippen LogP contribution >= 0.6 is 0 Å². The summed E-state index contributed by atoms with van der Waals surface area (Å²) in [5.74, 6) is -3.15. The molecule has 2 aromatic rings. The number of hydrogen-bond donors (Lipinski definition) is 2. The van der Waals surface area contributed by atoms with E-state index >= 15 is 0 Å². The van der Waals surface area contributed by atoms with Gasteiger partial charge in [-0.25, -0.2) is 0 Å². The number of rotatable bonds is 16. The van der Waals surface area contributed by atoms with E-state index in [1.165, 1.54) is 12.1 Å². The molecule has 4 rings (SSSR count). The second kappa shape index (κ2) is 17.0. The normalized spacial score (nSPS) is 18.6. The maximum Gasteiger partial charge on any atom is 0.416 e. The molecule has 0 radical (unpaired) electrons. The summed E-state index contributed by atoms with van der Waals surface area (Å²) in [7, 11) is -5.14. The third-order valence-corrected chi connectivity index (χ3v) is 22.8. The first-order valence-electron chi connectivity index (χ1n) is 19.3. The van der Waals surface area contributed by atoms with Gasteiger partial charge in [-0.3, -0.25) is 0 Å². The zero-order valence-corrected chi connectivity index (χ0v) is 35.6. The Morgan fingerprint density at radius 2 is 0.891 bits per heavy atom. The standard InChI is InChI=1S/C40H60F6O7Si2/c1-35(2,27-49-25-29-15-17-31(39(41,42)43)23-33(29)51-37(47)19-11-9-12-20-37)54(5,6)53-55(7,8)36(3,4)28-50-26-30-16-18-32(40(44,45)46)24-34(30)52-38(48)21-13-10-14-22-38/h15-18,23-24,47-48H,9-14,19-22,25-28H2,1-8H3. The maximum absolute atomic E-state index is 13.6. The Labute approximate surface area is 324 Å². The molecule has 0 aliphatic heterocycles. The van der Waals surface area contributed by atoms with Crippen molar-refractivity contribution in [2.75, 3.05) is 13.2 Å². The fourth-order valence-electron chi connectivity index (χ4n) is 6.81. The minimum absolute atomic E-state index is 0.0231. The van der Waals surface area contributed by atoms with Crippen LogP contribution in [0.5, 0.6) is 11.5 Å². The van der Waals surface area contributed by atoms with E-state index in [4.69, 9.17) is 23.1 Å². The van der Waals surface area contributed by atoms with Crippen LogP contribution in [0.4, 0.5) is 26.3 Å². The molecule has 312 valence electrons. The predicted molar refractivity (Wildman–Crippen MR) is 204 cm³/mol. The molecular weight excluding hydrogens is 763 g/mol. The smallest absolute Gasteiger partial charge is 0.416 e. The van der Waals surface area contributed by atoms with Gasteiger partial charge in [-0.1, -0.05) is 52.7 Å². The summed E-state index contributed by atoms with van der Waals surface area (Å²) in [5, 5.41) is 21.1. The van der Waals surface area contributed by atoms with Crippen LogP contribution in [-0.4, -0.2) is 51.6 Å². The molecular formula is C40H60F6O7Si2. The van der Waals surface area contributed by atoms with Crippen molar-refractivity contribution in [3.63, 3.8) is 0 Å². The van der Waals surface area contributed by atoms with E-state index in [9.17, 15) is 36.6 Å². The lowest BCUT2D eigenvalue weighted by atomic mass is 9.94. The van der Waals surface area contributed by atoms with Crippen molar-refractivity contribution in [3.05, 3.63) is 58.7 Å². The SMILES string of the molecule is CC(C)(COCc1ccc(C(F)(F)F)cc1OC1(O)CCCCC1)[Si](C)(C)O[Si](C)(C)C(C)(C)COCc1ccc(C(F)(F)F)cc1OC1(O)CCCCC1. The van der Waals surface area contributed by atoms with Gasteiger partial charge in [0.25, 0.3) is 0 Å². The molecule has 15 heteroatoms. The van der Waals surface area contributed by atoms with E-state index in [1.54, 1.807) is 0 Å². The summed E-state index contributed by atoms with van der Waals surface area (Å²) < 4.78 is 113. The molecule has 0 bridgehead atoms. The molecule has 55 heavy (non-hydrogen) atoms. The van der Waals surface area contributed by atoms with Crippen LogP contribution < -0.4 is 9.47 Å². The fourth-order valence-corrected chi connectivity index (χ4v) is 15.0. The van der Waals surface area contributed by atoms with E-state index in [1.807, 2.05) is 0 Å². The van der Waals surface area contributed by atoms with Crippen LogP contribution in [0.15, 0.2) is 36.4 Å². The lowest BCUT2D eigenvalue weighted by molar-refractivity contribution is -0.161. The van der Waals surface area contributed by atoms with E-state index in [0.29, 0.717) is 36.8 Å². The summed E-state index contributed by atoms with van der Waals surface area (Å²) in [4.78, 5) is 0. The maximum atomic E-state index is 13.6. The van der Waals surface area contributed by atoms with Gasteiger partial charge >= 0.3 is 12.4 Å². The summed E-state index contributed by atoms with van der Waals surface area (Å²) in [6, 6.07) is 6.53. The van der Waals surface area contributed by atoms with Crippen molar-refractivity contribution in [3.8, 4) is 11.5 Å². The third-order valence-electron chi connectivity index (χ3n) is 11.9. The molecule has 0 aromatic heterocycles. The monoisotopic (exact) mass is 822 g/mol. The second-order valence-corrected chi connectivity index (χ2v) is 27.3. The number of hydrogen-bond acceptors (Lipinski definition) is 7. The van der Waals surface area contributed by atoms with Crippen molar-refractivity contribution in [1.29, 1.82) is 0 Å². The molecule has 2 aromatic carbocycles. The van der Waals surface area contributed by atoms with Gasteiger partial charge in [0.05, 0.1) is 37.6 Å². The summed E-state index contributed by atoms with van der Waals surface area (Å²) in [5.41, 5.74) is -0.910. The van der Waals surface area contributed by atoms with Gasteiger partial charge in [0.1, 0.15) is 11.5 Å². The summed E-state index contributed by atoms with van der Waals surface area (Å²) in [6.07, 6.45) is -3.07. The number of halogens is 6. The van der Waals surface area contributed by atoms with Gasteiger partial charge in [0.15, 0.2) is 16.6 Å². The Morgan fingerprint density at radius 3 is 1.20 bits per heavy atom. The zero-order valence-electron chi connectivity index (χ0n) is 33.6. The summed E-state index contributed by atoms with van der Waals surface area (Å²) >= 11 is 0. The van der Waals surface area contributed by atoms with Gasteiger partial charge < -0.3 is 33.3 Å². The van der Waals surface area contributed by atoms with Crippen LogP contribution in [0, 0.1) is 0 Å². The molecule has 2 N–H and O–H groups in total. The average Bonchev–Trinajstić information content (AvgIpc) is 3.04. The highest BCUT2D eigenvalue weighted by atomic mass is 28.4. The predicted octanol–water partition coefficient (Wildman–Crippen LogP) is 11.5. The lowest BCUT2D eigenvalue weighted by Crippen LogP contribution is -2.56. The first-order valence-corrected chi connectivity index (χ1v) is 25.1. The second-order valence-electron chi connectivity index (χ2n) is 17.7. The minimum Gasteiger partial charge on any atom is -0.462 e. The van der Waals surface area contributed by atoms with Gasteiger partial charge in [0.2, 0.25) is 11.6 Å². The third kappa shape index (κ3) is 11.9. The number of benzene rings is 2. The van der Waals surface area contributed by atoms with Crippen LogP contribution in [0.3, 0.4) is 0 Å². The Bertz CT molecular complexity index is 1470. The molecule has 0 amide bonds. The Balaban J connectivity index is 1.41. The van der Waals surface area contributed by atoms with Crippen LogP contribution in [0.1, 0.15) is 114 Å². The van der Waals surface area contributed by atoms with Crippen LogP contribution in [0.25, 0.3) is 0 Å². The molecule has 0 atom stereocenters.